The topological polar surface area (TPSA) is 55.8 Å². The Balaban J connectivity index is 1.57. The predicted molar refractivity (Wildman–Crippen MR) is 91.1 cm³/mol. The van der Waals surface area contributed by atoms with Crippen LogP contribution in [0.1, 0.15) is 6.42 Å². The Hall–Kier alpha value is -0.300. The Bertz CT molecular complexity index is 717. The quantitative estimate of drug-likeness (QED) is 0.397. The van der Waals surface area contributed by atoms with Crippen LogP contribution in [0.3, 0.4) is 0 Å². The summed E-state index contributed by atoms with van der Waals surface area (Å²) in [5.74, 6) is -2.57. The maximum atomic E-state index is 12.7. The van der Waals surface area contributed by atoms with E-state index in [1.54, 1.807) is 0 Å². The number of halogens is 4. The lowest BCUT2D eigenvalue weighted by Gasteiger charge is -2.40. The number of alkyl halides is 2. The van der Waals surface area contributed by atoms with Crippen LogP contribution in [0, 0.1) is 23.7 Å². The number of nitrogens with zero attached hydrogens (tertiary/aromatic N) is 1. The third kappa shape index (κ3) is 1.67. The molecule has 9 heteroatoms. The third-order valence-electron chi connectivity index (χ3n) is 6.29. The molecular formula is C16H13Cl4NO4. The van der Waals surface area contributed by atoms with Gasteiger partial charge in [-0.3, -0.25) is 14.4 Å². The highest BCUT2D eigenvalue weighted by Gasteiger charge is 2.82. The first-order chi connectivity index (χ1) is 11.8. The molecule has 0 aromatic heterocycles. The number of amides is 2. The standard InChI is InChI=1S/C16H13Cl4NO4/c1-2-3-24-21-13(22)5-6(14(21)23)10-8-7(9(5)25-10)15(19)4-16(8,20)12(18)11(15)17/h2,5-10H,1,3-4H2/t5-,6+,7+,8-,9+,10-,15-,16-/m0/s1. The van der Waals surface area contributed by atoms with Gasteiger partial charge in [-0.15, -0.1) is 29.8 Å². The molecule has 3 aliphatic heterocycles. The van der Waals surface area contributed by atoms with E-state index in [0.717, 1.165) is 5.06 Å². The van der Waals surface area contributed by atoms with Crippen LogP contribution in [0.15, 0.2) is 22.7 Å². The largest absolute Gasteiger partial charge is 0.373 e. The molecule has 0 unspecified atom stereocenters. The van der Waals surface area contributed by atoms with Crippen molar-refractivity contribution in [2.24, 2.45) is 23.7 Å². The van der Waals surface area contributed by atoms with Gasteiger partial charge in [-0.25, -0.2) is 0 Å². The van der Waals surface area contributed by atoms with Crippen molar-refractivity contribution >= 4 is 58.2 Å². The van der Waals surface area contributed by atoms with Crippen LogP contribution in [-0.4, -0.2) is 45.4 Å². The summed E-state index contributed by atoms with van der Waals surface area (Å²) in [4.78, 5) is 28.8. The van der Waals surface area contributed by atoms with Gasteiger partial charge in [-0.2, -0.15) is 5.06 Å². The number of rotatable bonds is 3. The maximum absolute atomic E-state index is 12.7. The molecule has 1 saturated carbocycles. The van der Waals surface area contributed by atoms with Crippen molar-refractivity contribution < 1.29 is 19.2 Å². The Morgan fingerprint density at radius 2 is 1.60 bits per heavy atom. The minimum Gasteiger partial charge on any atom is -0.373 e. The lowest BCUT2D eigenvalue weighted by molar-refractivity contribution is -0.189. The van der Waals surface area contributed by atoms with Gasteiger partial charge in [0.1, 0.15) is 0 Å². The summed E-state index contributed by atoms with van der Waals surface area (Å²) in [6, 6.07) is 0. The second-order valence-electron chi connectivity index (χ2n) is 7.25. The monoisotopic (exact) mass is 423 g/mol. The van der Waals surface area contributed by atoms with Gasteiger partial charge in [0.25, 0.3) is 11.8 Å². The molecule has 4 bridgehead atoms. The molecule has 5 aliphatic rings. The molecule has 0 aromatic carbocycles. The summed E-state index contributed by atoms with van der Waals surface area (Å²) in [5.41, 5.74) is 0. The normalized spacial score (nSPS) is 52.4. The van der Waals surface area contributed by atoms with Crippen LogP contribution in [-0.2, 0) is 19.2 Å². The maximum Gasteiger partial charge on any atom is 0.260 e. The molecule has 8 atom stereocenters. The van der Waals surface area contributed by atoms with Gasteiger partial charge in [-0.1, -0.05) is 29.3 Å². The predicted octanol–water partition coefficient (Wildman–Crippen LogP) is 2.78. The number of carbonyl (C=O) groups is 2. The number of ether oxygens (including phenoxy) is 1. The number of carbonyl (C=O) groups excluding carboxylic acids is 2. The van der Waals surface area contributed by atoms with E-state index in [-0.39, 0.29) is 18.4 Å². The molecule has 0 spiro atoms. The highest BCUT2D eigenvalue weighted by Crippen LogP contribution is 2.75. The van der Waals surface area contributed by atoms with Crippen molar-refractivity contribution in [3.63, 3.8) is 0 Å². The van der Waals surface area contributed by atoms with Crippen LogP contribution < -0.4 is 0 Å². The molecular weight excluding hydrogens is 412 g/mol. The summed E-state index contributed by atoms with van der Waals surface area (Å²) < 4.78 is 6.05. The van der Waals surface area contributed by atoms with Gasteiger partial charge >= 0.3 is 0 Å². The first kappa shape index (κ1) is 16.8. The fraction of sp³-hybridized carbons (Fsp3) is 0.625. The second-order valence-corrected chi connectivity index (χ2v) is 9.36. The molecule has 2 aliphatic carbocycles. The Kier molecular flexibility index (Phi) is 3.33. The van der Waals surface area contributed by atoms with Crippen molar-refractivity contribution in [2.45, 2.75) is 28.4 Å². The Morgan fingerprint density at radius 1 is 1.12 bits per heavy atom. The number of hydrogen-bond donors (Lipinski definition) is 0. The molecule has 0 radical (unpaired) electrons. The van der Waals surface area contributed by atoms with Gasteiger partial charge in [0.2, 0.25) is 0 Å². The molecule has 0 aromatic rings. The van der Waals surface area contributed by atoms with E-state index in [1.807, 2.05) is 0 Å². The van der Waals surface area contributed by atoms with Crippen LogP contribution in [0.2, 0.25) is 0 Å². The Labute approximate surface area is 163 Å². The van der Waals surface area contributed by atoms with Crippen molar-refractivity contribution in [2.75, 3.05) is 6.61 Å². The van der Waals surface area contributed by atoms with Crippen LogP contribution in [0.5, 0.6) is 0 Å². The zero-order valence-electron chi connectivity index (χ0n) is 12.8. The molecule has 3 saturated heterocycles. The van der Waals surface area contributed by atoms with E-state index in [1.165, 1.54) is 6.08 Å². The highest BCUT2D eigenvalue weighted by atomic mass is 35.5. The van der Waals surface area contributed by atoms with Gasteiger partial charge < -0.3 is 4.74 Å². The Morgan fingerprint density at radius 3 is 2.04 bits per heavy atom. The summed E-state index contributed by atoms with van der Waals surface area (Å²) in [6.07, 6.45) is 0.806. The highest BCUT2D eigenvalue weighted by molar-refractivity contribution is 6.51. The number of allylic oxidation sites excluding steroid dienone is 2. The zero-order chi connectivity index (χ0) is 17.9. The average Bonchev–Trinajstić information content (AvgIpc) is 3.29. The van der Waals surface area contributed by atoms with Gasteiger partial charge in [0.15, 0.2) is 0 Å². The van der Waals surface area contributed by atoms with Crippen molar-refractivity contribution in [1.29, 1.82) is 0 Å². The van der Waals surface area contributed by atoms with E-state index in [2.05, 4.69) is 6.58 Å². The second kappa shape index (κ2) is 4.94. The first-order valence-electron chi connectivity index (χ1n) is 7.98. The van der Waals surface area contributed by atoms with Gasteiger partial charge in [0, 0.05) is 11.8 Å². The minimum atomic E-state index is -0.950. The summed E-state index contributed by atoms with van der Waals surface area (Å²) in [6.45, 7) is 3.59. The molecule has 0 N–H and O–H groups in total. The smallest absolute Gasteiger partial charge is 0.260 e. The molecule has 3 heterocycles. The average molecular weight is 425 g/mol. The van der Waals surface area contributed by atoms with E-state index >= 15 is 0 Å². The van der Waals surface area contributed by atoms with Crippen molar-refractivity contribution in [1.82, 2.24) is 5.06 Å². The fourth-order valence-electron chi connectivity index (χ4n) is 5.52. The van der Waals surface area contributed by atoms with E-state index in [0.29, 0.717) is 16.5 Å². The lowest BCUT2D eigenvalue weighted by Crippen LogP contribution is -2.50. The summed E-state index contributed by atoms with van der Waals surface area (Å²) >= 11 is 26.4. The van der Waals surface area contributed by atoms with Crippen LogP contribution in [0.25, 0.3) is 0 Å². The first-order valence-corrected chi connectivity index (χ1v) is 9.49. The number of hydroxylamine groups is 2. The van der Waals surface area contributed by atoms with E-state index < -0.39 is 45.6 Å². The molecule has 25 heavy (non-hydrogen) atoms. The zero-order valence-corrected chi connectivity index (χ0v) is 15.8. The number of hydrogen-bond acceptors (Lipinski definition) is 4. The van der Waals surface area contributed by atoms with E-state index in [9.17, 15) is 9.59 Å². The van der Waals surface area contributed by atoms with Crippen molar-refractivity contribution in [3.05, 3.63) is 22.7 Å². The number of imide groups is 1. The van der Waals surface area contributed by atoms with Gasteiger partial charge in [-0.05, 0) is 6.42 Å². The van der Waals surface area contributed by atoms with Crippen LogP contribution >= 0.6 is 46.4 Å². The lowest BCUT2D eigenvalue weighted by atomic mass is 9.65. The minimum absolute atomic E-state index is 0.0675. The molecule has 2 amide bonds. The fourth-order valence-corrected chi connectivity index (χ4v) is 7.54. The summed E-state index contributed by atoms with van der Waals surface area (Å²) in [5, 5.41) is 1.49. The molecule has 5 nitrogen and oxygen atoms in total. The molecule has 4 fully saturated rings. The van der Waals surface area contributed by atoms with E-state index in [4.69, 9.17) is 56.0 Å². The van der Waals surface area contributed by atoms with Gasteiger partial charge in [0.05, 0.1) is 50.5 Å². The third-order valence-corrected chi connectivity index (χ3v) is 8.78. The van der Waals surface area contributed by atoms with Crippen molar-refractivity contribution in [3.8, 4) is 0 Å². The SMILES string of the molecule is C=CCON1C(=O)[C@@H]2[C@H]3O[C@@H]([C@@H]2C1=O)[C@@H]1[C@H]3[C@@]2(Cl)C[C@@]1(Cl)C(Cl)=C2Cl. The number of fused-ring (bicyclic) bond motifs is 12. The summed E-state index contributed by atoms with van der Waals surface area (Å²) in [7, 11) is 0. The van der Waals surface area contributed by atoms with Crippen LogP contribution in [0.4, 0.5) is 0 Å². The molecule has 134 valence electrons. The molecule has 5 rings (SSSR count).